The van der Waals surface area contributed by atoms with Crippen molar-refractivity contribution < 1.29 is 13.6 Å². The van der Waals surface area contributed by atoms with Gasteiger partial charge in [-0.15, -0.1) is 0 Å². The molecule has 0 aliphatic heterocycles. The molecule has 0 amide bonds. The summed E-state index contributed by atoms with van der Waals surface area (Å²) in [5.41, 5.74) is -0.236. The fourth-order valence-corrected chi connectivity index (χ4v) is 1.75. The summed E-state index contributed by atoms with van der Waals surface area (Å²) in [6.45, 7) is 2.59. The van der Waals surface area contributed by atoms with Crippen LogP contribution in [0.1, 0.15) is 23.1 Å². The standard InChI is InChI=1S/C13H12F2N2O/c1-2-17-7-6-16-12(17)8-11(18)9-4-3-5-10(14)13(9)15/h3-7H,2,8H2,1H3. The van der Waals surface area contributed by atoms with Gasteiger partial charge in [0.15, 0.2) is 17.4 Å². The molecule has 0 saturated heterocycles. The van der Waals surface area contributed by atoms with Gasteiger partial charge in [-0.2, -0.15) is 0 Å². The van der Waals surface area contributed by atoms with Gasteiger partial charge in [-0.3, -0.25) is 4.79 Å². The summed E-state index contributed by atoms with van der Waals surface area (Å²) in [6.07, 6.45) is 3.28. The lowest BCUT2D eigenvalue weighted by molar-refractivity contribution is 0.0985. The van der Waals surface area contributed by atoms with Gasteiger partial charge in [-0.25, -0.2) is 13.8 Å². The first kappa shape index (κ1) is 12.4. The van der Waals surface area contributed by atoms with Gasteiger partial charge in [-0.1, -0.05) is 6.07 Å². The number of imidazole rings is 1. The summed E-state index contributed by atoms with van der Waals surface area (Å²) in [5, 5.41) is 0. The van der Waals surface area contributed by atoms with E-state index in [1.54, 1.807) is 17.0 Å². The predicted molar refractivity (Wildman–Crippen MR) is 62.3 cm³/mol. The molecule has 0 unspecified atom stereocenters. The number of aryl methyl sites for hydroxylation is 1. The lowest BCUT2D eigenvalue weighted by Crippen LogP contribution is -2.11. The predicted octanol–water partition coefficient (Wildman–Crippen LogP) is 2.61. The van der Waals surface area contributed by atoms with Crippen LogP contribution < -0.4 is 0 Å². The molecule has 0 fully saturated rings. The van der Waals surface area contributed by atoms with Crippen LogP contribution in [0, 0.1) is 11.6 Å². The van der Waals surface area contributed by atoms with Gasteiger partial charge in [0.1, 0.15) is 5.82 Å². The number of carbonyl (C=O) groups excluding carboxylic acids is 1. The zero-order chi connectivity index (χ0) is 13.1. The van der Waals surface area contributed by atoms with E-state index in [0.717, 1.165) is 6.07 Å². The molecule has 2 rings (SSSR count). The lowest BCUT2D eigenvalue weighted by atomic mass is 10.1. The number of carbonyl (C=O) groups is 1. The number of benzene rings is 1. The highest BCUT2D eigenvalue weighted by atomic mass is 19.2. The summed E-state index contributed by atoms with van der Waals surface area (Å²) in [4.78, 5) is 15.9. The largest absolute Gasteiger partial charge is 0.335 e. The molecule has 0 bridgehead atoms. The third-order valence-corrected chi connectivity index (χ3v) is 2.71. The molecular formula is C13H12F2N2O. The molecule has 1 aromatic carbocycles. The van der Waals surface area contributed by atoms with Crippen LogP contribution in [0.3, 0.4) is 0 Å². The van der Waals surface area contributed by atoms with Crippen LogP contribution in [0.4, 0.5) is 8.78 Å². The zero-order valence-electron chi connectivity index (χ0n) is 9.86. The van der Waals surface area contributed by atoms with E-state index in [1.807, 2.05) is 6.92 Å². The van der Waals surface area contributed by atoms with Crippen LogP contribution in [0.15, 0.2) is 30.6 Å². The van der Waals surface area contributed by atoms with Crippen molar-refractivity contribution in [2.75, 3.05) is 0 Å². The average molecular weight is 250 g/mol. The molecule has 0 atom stereocenters. The highest BCUT2D eigenvalue weighted by Gasteiger charge is 2.17. The molecule has 1 aromatic heterocycles. The lowest BCUT2D eigenvalue weighted by Gasteiger charge is -2.05. The molecule has 5 heteroatoms. The number of rotatable bonds is 4. The average Bonchev–Trinajstić information content (AvgIpc) is 2.79. The van der Waals surface area contributed by atoms with Crippen LogP contribution in [-0.4, -0.2) is 15.3 Å². The minimum absolute atomic E-state index is 0.0405. The summed E-state index contributed by atoms with van der Waals surface area (Å²) < 4.78 is 28.2. The van der Waals surface area contributed by atoms with Crippen molar-refractivity contribution in [2.45, 2.75) is 19.9 Å². The van der Waals surface area contributed by atoms with Gasteiger partial charge in [0.25, 0.3) is 0 Å². The molecule has 0 saturated carbocycles. The highest BCUT2D eigenvalue weighted by molar-refractivity contribution is 5.97. The second-order valence-electron chi connectivity index (χ2n) is 3.83. The quantitative estimate of drug-likeness (QED) is 0.782. The molecule has 1 heterocycles. The second kappa shape index (κ2) is 5.08. The first-order chi connectivity index (χ1) is 8.63. The van der Waals surface area contributed by atoms with Gasteiger partial charge >= 0.3 is 0 Å². The summed E-state index contributed by atoms with van der Waals surface area (Å²) >= 11 is 0. The van der Waals surface area contributed by atoms with Crippen molar-refractivity contribution >= 4 is 5.78 Å². The first-order valence-electron chi connectivity index (χ1n) is 5.60. The number of Topliss-reactive ketones (excluding diaryl/α,β-unsaturated/α-hetero) is 1. The number of nitrogens with zero attached hydrogens (tertiary/aromatic N) is 2. The van der Waals surface area contributed by atoms with Crippen molar-refractivity contribution in [3.63, 3.8) is 0 Å². The van der Waals surface area contributed by atoms with E-state index < -0.39 is 17.4 Å². The van der Waals surface area contributed by atoms with Gasteiger partial charge in [0.2, 0.25) is 0 Å². The third kappa shape index (κ3) is 2.30. The number of ketones is 1. The topological polar surface area (TPSA) is 34.9 Å². The van der Waals surface area contributed by atoms with Crippen molar-refractivity contribution in [1.29, 1.82) is 0 Å². The monoisotopic (exact) mass is 250 g/mol. The van der Waals surface area contributed by atoms with Crippen LogP contribution >= 0.6 is 0 Å². The molecule has 0 N–H and O–H groups in total. The third-order valence-electron chi connectivity index (χ3n) is 2.71. The van der Waals surface area contributed by atoms with Gasteiger partial charge in [0, 0.05) is 18.9 Å². The van der Waals surface area contributed by atoms with E-state index in [-0.39, 0.29) is 12.0 Å². The van der Waals surface area contributed by atoms with E-state index in [1.165, 1.54) is 12.1 Å². The SMILES string of the molecule is CCn1ccnc1CC(=O)c1cccc(F)c1F. The van der Waals surface area contributed by atoms with E-state index in [0.29, 0.717) is 12.4 Å². The number of halogens is 2. The highest BCUT2D eigenvalue weighted by Crippen LogP contribution is 2.14. The molecule has 18 heavy (non-hydrogen) atoms. The Balaban J connectivity index is 2.25. The maximum Gasteiger partial charge on any atom is 0.173 e. The van der Waals surface area contributed by atoms with E-state index in [4.69, 9.17) is 0 Å². The van der Waals surface area contributed by atoms with Crippen molar-refractivity contribution in [1.82, 2.24) is 9.55 Å². The van der Waals surface area contributed by atoms with Crippen LogP contribution in [-0.2, 0) is 13.0 Å². The summed E-state index contributed by atoms with van der Waals surface area (Å²) in [6, 6.07) is 3.58. The minimum Gasteiger partial charge on any atom is -0.335 e. The zero-order valence-corrected chi connectivity index (χ0v) is 9.86. The van der Waals surface area contributed by atoms with Crippen LogP contribution in [0.2, 0.25) is 0 Å². The normalized spacial score (nSPS) is 10.6. The molecule has 2 aromatic rings. The fraction of sp³-hybridized carbons (Fsp3) is 0.231. The van der Waals surface area contributed by atoms with Crippen LogP contribution in [0.25, 0.3) is 0 Å². The smallest absolute Gasteiger partial charge is 0.173 e. The van der Waals surface area contributed by atoms with E-state index >= 15 is 0 Å². The number of aromatic nitrogens is 2. The fourth-order valence-electron chi connectivity index (χ4n) is 1.75. The number of hydrogen-bond donors (Lipinski definition) is 0. The van der Waals surface area contributed by atoms with Gasteiger partial charge < -0.3 is 4.57 Å². The second-order valence-corrected chi connectivity index (χ2v) is 3.83. The summed E-state index contributed by atoms with van der Waals surface area (Å²) in [5.74, 6) is -2.05. The Morgan fingerprint density at radius 1 is 1.39 bits per heavy atom. The van der Waals surface area contributed by atoms with E-state index in [2.05, 4.69) is 4.98 Å². The summed E-state index contributed by atoms with van der Waals surface area (Å²) in [7, 11) is 0. The van der Waals surface area contributed by atoms with Gasteiger partial charge in [-0.05, 0) is 19.1 Å². The Labute approximate surface area is 103 Å². The number of hydrogen-bond acceptors (Lipinski definition) is 2. The maximum absolute atomic E-state index is 13.4. The Morgan fingerprint density at radius 2 is 2.17 bits per heavy atom. The maximum atomic E-state index is 13.4. The minimum atomic E-state index is -1.10. The van der Waals surface area contributed by atoms with Crippen molar-refractivity contribution in [2.24, 2.45) is 0 Å². The van der Waals surface area contributed by atoms with Gasteiger partial charge in [0.05, 0.1) is 12.0 Å². The Hall–Kier alpha value is -2.04. The first-order valence-corrected chi connectivity index (χ1v) is 5.60. The van der Waals surface area contributed by atoms with E-state index in [9.17, 15) is 13.6 Å². The Morgan fingerprint density at radius 3 is 2.89 bits per heavy atom. The van der Waals surface area contributed by atoms with Crippen molar-refractivity contribution in [3.05, 3.63) is 53.6 Å². The molecule has 0 aliphatic carbocycles. The van der Waals surface area contributed by atoms with Crippen molar-refractivity contribution in [3.8, 4) is 0 Å². The van der Waals surface area contributed by atoms with Crippen LogP contribution in [0.5, 0.6) is 0 Å². The molecule has 0 radical (unpaired) electrons. The molecule has 0 aliphatic rings. The Bertz CT molecular complexity index is 578. The molecule has 3 nitrogen and oxygen atoms in total. The molecular weight excluding hydrogens is 238 g/mol. The molecule has 0 spiro atoms. The molecule has 94 valence electrons. The Kier molecular flexibility index (Phi) is 3.50.